The number of rotatable bonds is 5. The van der Waals surface area contributed by atoms with E-state index in [1.807, 2.05) is 31.4 Å². The number of carbonyl (C=O) groups is 1. The van der Waals surface area contributed by atoms with E-state index < -0.39 is 5.41 Å². The molecule has 1 amide bonds. The summed E-state index contributed by atoms with van der Waals surface area (Å²) in [4.78, 5) is 13.2. The molecule has 2 nitrogen and oxygen atoms in total. The quantitative estimate of drug-likeness (QED) is 0.805. The molecule has 1 unspecified atom stereocenters. The van der Waals surface area contributed by atoms with Crippen molar-refractivity contribution in [3.63, 3.8) is 0 Å². The molecule has 1 atom stereocenters. The van der Waals surface area contributed by atoms with E-state index in [1.54, 1.807) is 11.3 Å². The number of thiophene rings is 1. The van der Waals surface area contributed by atoms with Crippen molar-refractivity contribution in [1.29, 1.82) is 0 Å². The summed E-state index contributed by atoms with van der Waals surface area (Å²) in [5.41, 5.74) is -0.508. The number of nitrogens with one attached hydrogen (secondary N) is 1. The minimum Gasteiger partial charge on any atom is -0.348 e. The Morgan fingerprint density at radius 1 is 1.62 bits per heavy atom. The third kappa shape index (κ3) is 3.22. The summed E-state index contributed by atoms with van der Waals surface area (Å²) >= 11 is 7.45. The third-order valence-corrected chi connectivity index (χ3v) is 4.20. The molecule has 0 aliphatic carbocycles. The van der Waals surface area contributed by atoms with Crippen LogP contribution in [0.15, 0.2) is 17.5 Å². The van der Waals surface area contributed by atoms with Gasteiger partial charge in [-0.25, -0.2) is 0 Å². The molecular weight excluding hydrogens is 242 g/mol. The van der Waals surface area contributed by atoms with Crippen molar-refractivity contribution in [3.05, 3.63) is 22.4 Å². The van der Waals surface area contributed by atoms with E-state index in [4.69, 9.17) is 11.6 Å². The van der Waals surface area contributed by atoms with Crippen LogP contribution in [0, 0.1) is 5.41 Å². The van der Waals surface area contributed by atoms with Crippen LogP contribution in [0.5, 0.6) is 0 Å². The second kappa shape index (κ2) is 5.69. The Morgan fingerprint density at radius 3 is 2.75 bits per heavy atom. The molecule has 0 fully saturated rings. The normalized spacial score (nSPS) is 13.5. The Bertz CT molecular complexity index is 335. The lowest BCUT2D eigenvalue weighted by Crippen LogP contribution is -2.39. The molecule has 1 aromatic rings. The number of hydrogen-bond acceptors (Lipinski definition) is 2. The van der Waals surface area contributed by atoms with Crippen LogP contribution in [0.25, 0.3) is 0 Å². The van der Waals surface area contributed by atoms with Crippen molar-refractivity contribution >= 4 is 28.8 Å². The highest BCUT2D eigenvalue weighted by Gasteiger charge is 2.28. The predicted octanol–water partition coefficient (Wildman–Crippen LogP) is 3.58. The van der Waals surface area contributed by atoms with E-state index in [0.29, 0.717) is 5.88 Å². The van der Waals surface area contributed by atoms with Crippen LogP contribution in [0.2, 0.25) is 0 Å². The molecule has 1 aromatic heterocycles. The van der Waals surface area contributed by atoms with Gasteiger partial charge in [-0.2, -0.15) is 0 Å². The van der Waals surface area contributed by atoms with Gasteiger partial charge in [-0.3, -0.25) is 4.79 Å². The molecule has 0 aromatic carbocycles. The van der Waals surface area contributed by atoms with E-state index in [0.717, 1.165) is 6.42 Å². The standard InChI is InChI=1S/C12H18ClNOS/c1-4-9(10-6-5-7-16-10)14-11(15)12(2,3)8-13/h5-7,9H,4,8H2,1-3H3,(H,14,15). The van der Waals surface area contributed by atoms with Crippen molar-refractivity contribution in [3.8, 4) is 0 Å². The predicted molar refractivity (Wildman–Crippen MR) is 70.0 cm³/mol. The summed E-state index contributed by atoms with van der Waals surface area (Å²) in [7, 11) is 0. The van der Waals surface area contributed by atoms with Gasteiger partial charge in [-0.1, -0.05) is 13.0 Å². The average molecular weight is 260 g/mol. The van der Waals surface area contributed by atoms with Crippen LogP contribution < -0.4 is 5.32 Å². The molecule has 0 bridgehead atoms. The minimum absolute atomic E-state index is 0.0164. The summed E-state index contributed by atoms with van der Waals surface area (Å²) < 4.78 is 0. The fraction of sp³-hybridized carbons (Fsp3) is 0.583. The van der Waals surface area contributed by atoms with Crippen molar-refractivity contribution < 1.29 is 4.79 Å². The average Bonchev–Trinajstić information content (AvgIpc) is 2.78. The maximum absolute atomic E-state index is 12.0. The molecule has 16 heavy (non-hydrogen) atoms. The molecule has 90 valence electrons. The number of halogens is 1. The van der Waals surface area contributed by atoms with E-state index in [1.165, 1.54) is 4.88 Å². The lowest BCUT2D eigenvalue weighted by Gasteiger charge is -2.24. The number of carbonyl (C=O) groups excluding carboxylic acids is 1. The molecule has 1 rings (SSSR count). The Kier molecular flexibility index (Phi) is 4.81. The second-order valence-electron chi connectivity index (χ2n) is 4.47. The van der Waals surface area contributed by atoms with Crippen LogP contribution in [-0.2, 0) is 4.79 Å². The zero-order valence-electron chi connectivity index (χ0n) is 9.92. The topological polar surface area (TPSA) is 29.1 Å². The first-order valence-corrected chi connectivity index (χ1v) is 6.83. The van der Waals surface area contributed by atoms with Gasteiger partial charge >= 0.3 is 0 Å². The van der Waals surface area contributed by atoms with Crippen molar-refractivity contribution in [2.45, 2.75) is 33.2 Å². The van der Waals surface area contributed by atoms with E-state index in [2.05, 4.69) is 12.2 Å². The van der Waals surface area contributed by atoms with Gasteiger partial charge in [-0.05, 0) is 31.7 Å². The van der Waals surface area contributed by atoms with Gasteiger partial charge in [0.2, 0.25) is 5.91 Å². The molecule has 0 spiro atoms. The molecule has 1 N–H and O–H groups in total. The smallest absolute Gasteiger partial charge is 0.227 e. The summed E-state index contributed by atoms with van der Waals surface area (Å²) in [5, 5.41) is 5.07. The zero-order valence-corrected chi connectivity index (χ0v) is 11.5. The molecule has 4 heteroatoms. The Morgan fingerprint density at radius 2 is 2.31 bits per heavy atom. The first-order chi connectivity index (χ1) is 7.51. The molecule has 0 saturated heterocycles. The minimum atomic E-state index is -0.508. The first kappa shape index (κ1) is 13.5. The summed E-state index contributed by atoms with van der Waals surface area (Å²) in [6.45, 7) is 5.78. The number of hydrogen-bond donors (Lipinski definition) is 1. The molecule has 0 saturated carbocycles. The molecule has 0 aliphatic rings. The summed E-state index contributed by atoms with van der Waals surface area (Å²) in [6.07, 6.45) is 0.893. The largest absolute Gasteiger partial charge is 0.348 e. The highest BCUT2D eigenvalue weighted by atomic mass is 35.5. The monoisotopic (exact) mass is 259 g/mol. The fourth-order valence-electron chi connectivity index (χ4n) is 1.28. The Balaban J connectivity index is 2.68. The van der Waals surface area contributed by atoms with Crippen LogP contribution >= 0.6 is 22.9 Å². The zero-order chi connectivity index (χ0) is 12.2. The van der Waals surface area contributed by atoms with Crippen LogP contribution in [-0.4, -0.2) is 11.8 Å². The van der Waals surface area contributed by atoms with Crippen molar-refractivity contribution in [2.24, 2.45) is 5.41 Å². The van der Waals surface area contributed by atoms with Gasteiger partial charge < -0.3 is 5.32 Å². The van der Waals surface area contributed by atoms with Gasteiger partial charge in [0.1, 0.15) is 0 Å². The van der Waals surface area contributed by atoms with Crippen molar-refractivity contribution in [2.75, 3.05) is 5.88 Å². The van der Waals surface area contributed by atoms with Crippen LogP contribution in [0.4, 0.5) is 0 Å². The van der Waals surface area contributed by atoms with E-state index in [9.17, 15) is 4.79 Å². The number of alkyl halides is 1. The molecule has 0 aliphatic heterocycles. The van der Waals surface area contributed by atoms with Gasteiger partial charge in [0.15, 0.2) is 0 Å². The van der Waals surface area contributed by atoms with Crippen LogP contribution in [0.3, 0.4) is 0 Å². The Hall–Kier alpha value is -0.540. The summed E-state index contributed by atoms with van der Waals surface area (Å²) in [6, 6.07) is 4.16. The lowest BCUT2D eigenvalue weighted by atomic mass is 9.94. The fourth-order valence-corrected chi connectivity index (χ4v) is 2.26. The molecule has 0 radical (unpaired) electrons. The third-order valence-electron chi connectivity index (χ3n) is 2.55. The van der Waals surface area contributed by atoms with Crippen LogP contribution in [0.1, 0.15) is 38.1 Å². The maximum atomic E-state index is 12.0. The highest BCUT2D eigenvalue weighted by molar-refractivity contribution is 7.10. The van der Waals surface area contributed by atoms with Gasteiger partial charge in [-0.15, -0.1) is 22.9 Å². The van der Waals surface area contributed by atoms with Crippen molar-refractivity contribution in [1.82, 2.24) is 5.32 Å². The van der Waals surface area contributed by atoms with E-state index in [-0.39, 0.29) is 11.9 Å². The highest BCUT2D eigenvalue weighted by Crippen LogP contribution is 2.24. The molecular formula is C12H18ClNOS. The lowest BCUT2D eigenvalue weighted by molar-refractivity contribution is -0.129. The molecule has 1 heterocycles. The second-order valence-corrected chi connectivity index (χ2v) is 5.71. The van der Waals surface area contributed by atoms with Gasteiger partial charge in [0.05, 0.1) is 11.5 Å². The first-order valence-electron chi connectivity index (χ1n) is 5.41. The number of amides is 1. The van der Waals surface area contributed by atoms with Gasteiger partial charge in [0, 0.05) is 10.8 Å². The summed E-state index contributed by atoms with van der Waals surface area (Å²) in [5.74, 6) is 0.349. The van der Waals surface area contributed by atoms with Gasteiger partial charge in [0.25, 0.3) is 0 Å². The Labute approximate surface area is 106 Å². The maximum Gasteiger partial charge on any atom is 0.227 e. The van der Waals surface area contributed by atoms with E-state index >= 15 is 0 Å². The SMILES string of the molecule is CCC(NC(=O)C(C)(C)CCl)c1cccs1.